The molecule has 0 atom stereocenters. The lowest BCUT2D eigenvalue weighted by molar-refractivity contribution is -0.113. The Kier molecular flexibility index (Phi) is 7.04. The van der Waals surface area contributed by atoms with Crippen molar-refractivity contribution in [1.29, 1.82) is 0 Å². The van der Waals surface area contributed by atoms with Gasteiger partial charge in [-0.25, -0.2) is 8.42 Å². The predicted molar refractivity (Wildman–Crippen MR) is 120 cm³/mol. The average molecular weight is 439 g/mol. The van der Waals surface area contributed by atoms with Crippen molar-refractivity contribution in [1.82, 2.24) is 0 Å². The van der Waals surface area contributed by atoms with Crippen LogP contribution < -0.4 is 15.4 Å². The third kappa shape index (κ3) is 6.42. The van der Waals surface area contributed by atoms with E-state index in [1.165, 1.54) is 0 Å². The molecule has 160 valence electrons. The molecule has 0 aliphatic heterocycles. The minimum absolute atomic E-state index is 0.215. The lowest BCUT2D eigenvalue weighted by atomic mass is 10.1. The summed E-state index contributed by atoms with van der Waals surface area (Å²) in [4.78, 5) is 25.1. The quantitative estimate of drug-likeness (QED) is 0.561. The average Bonchev–Trinajstić information content (AvgIpc) is 2.74. The zero-order valence-corrected chi connectivity index (χ0v) is 17.7. The molecule has 0 unspecified atom stereocenters. The number of hydrogen-bond donors (Lipinski definition) is 2. The number of ether oxygens (including phenoxy) is 1. The van der Waals surface area contributed by atoms with Crippen LogP contribution in [0.2, 0.25) is 0 Å². The number of methoxy groups -OCH3 is 1. The first-order valence-corrected chi connectivity index (χ1v) is 11.3. The first kappa shape index (κ1) is 22.0. The Labute approximate surface area is 181 Å². The summed E-state index contributed by atoms with van der Waals surface area (Å²) in [6.07, 6.45) is 0. The SMILES string of the molecule is COc1ccc(NC(=O)c2ccccc2NC(=O)CS(=O)(=O)Cc2ccccc2)cc1. The van der Waals surface area contributed by atoms with E-state index in [9.17, 15) is 18.0 Å². The molecular weight excluding hydrogens is 416 g/mol. The molecule has 2 N–H and O–H groups in total. The summed E-state index contributed by atoms with van der Waals surface area (Å²) in [6.45, 7) is 0. The van der Waals surface area contributed by atoms with Gasteiger partial charge in [-0.05, 0) is 42.0 Å². The van der Waals surface area contributed by atoms with E-state index in [1.807, 2.05) is 0 Å². The van der Waals surface area contributed by atoms with Gasteiger partial charge in [0, 0.05) is 5.69 Å². The maximum Gasteiger partial charge on any atom is 0.257 e. The van der Waals surface area contributed by atoms with Crippen molar-refractivity contribution in [3.63, 3.8) is 0 Å². The summed E-state index contributed by atoms with van der Waals surface area (Å²) in [5.74, 6) is -1.41. The van der Waals surface area contributed by atoms with Gasteiger partial charge < -0.3 is 15.4 Å². The topological polar surface area (TPSA) is 102 Å². The Morgan fingerprint density at radius 3 is 2.16 bits per heavy atom. The Bertz CT molecular complexity index is 1160. The van der Waals surface area contributed by atoms with Crippen LogP contribution in [0.5, 0.6) is 5.75 Å². The summed E-state index contributed by atoms with van der Waals surface area (Å²) < 4.78 is 29.8. The van der Waals surface area contributed by atoms with Crippen LogP contribution in [0.4, 0.5) is 11.4 Å². The minimum atomic E-state index is -3.67. The highest BCUT2D eigenvalue weighted by Crippen LogP contribution is 2.20. The van der Waals surface area contributed by atoms with E-state index in [-0.39, 0.29) is 17.0 Å². The van der Waals surface area contributed by atoms with E-state index in [0.29, 0.717) is 17.0 Å². The van der Waals surface area contributed by atoms with Crippen molar-refractivity contribution in [2.24, 2.45) is 0 Å². The molecule has 0 aliphatic rings. The van der Waals surface area contributed by atoms with E-state index in [4.69, 9.17) is 4.74 Å². The maximum absolute atomic E-state index is 12.7. The molecule has 0 radical (unpaired) electrons. The zero-order chi connectivity index (χ0) is 22.3. The van der Waals surface area contributed by atoms with Crippen LogP contribution in [0, 0.1) is 0 Å². The summed E-state index contributed by atoms with van der Waals surface area (Å²) in [6, 6.07) is 21.8. The second kappa shape index (κ2) is 9.90. The van der Waals surface area contributed by atoms with Crippen LogP contribution >= 0.6 is 0 Å². The number of carbonyl (C=O) groups is 2. The van der Waals surface area contributed by atoms with Gasteiger partial charge in [-0.1, -0.05) is 42.5 Å². The molecule has 0 aliphatic carbocycles. The van der Waals surface area contributed by atoms with Crippen LogP contribution in [0.25, 0.3) is 0 Å². The van der Waals surface area contributed by atoms with Crippen molar-refractivity contribution >= 4 is 33.0 Å². The fourth-order valence-corrected chi connectivity index (χ4v) is 4.20. The standard InChI is InChI=1S/C23H22N2O5S/c1-30-19-13-11-18(12-14-19)24-23(27)20-9-5-6-10-21(20)25-22(26)16-31(28,29)15-17-7-3-2-4-8-17/h2-14H,15-16H2,1H3,(H,24,27)(H,25,26). The monoisotopic (exact) mass is 438 g/mol. The van der Waals surface area contributed by atoms with Crippen LogP contribution in [-0.2, 0) is 20.4 Å². The summed E-state index contributed by atoms with van der Waals surface area (Å²) >= 11 is 0. The number of rotatable bonds is 8. The van der Waals surface area contributed by atoms with Gasteiger partial charge in [-0.3, -0.25) is 9.59 Å². The molecule has 7 nitrogen and oxygen atoms in total. The molecule has 3 aromatic rings. The van der Waals surface area contributed by atoms with Crippen LogP contribution in [0.3, 0.4) is 0 Å². The molecule has 0 spiro atoms. The number of amides is 2. The van der Waals surface area contributed by atoms with Gasteiger partial charge in [0.1, 0.15) is 11.5 Å². The Morgan fingerprint density at radius 1 is 0.839 bits per heavy atom. The van der Waals surface area contributed by atoms with Crippen molar-refractivity contribution < 1.29 is 22.7 Å². The zero-order valence-electron chi connectivity index (χ0n) is 16.9. The van der Waals surface area contributed by atoms with Crippen LogP contribution in [0.1, 0.15) is 15.9 Å². The van der Waals surface area contributed by atoms with Gasteiger partial charge in [0.2, 0.25) is 5.91 Å². The van der Waals surface area contributed by atoms with Gasteiger partial charge in [0.05, 0.1) is 24.1 Å². The third-order valence-electron chi connectivity index (χ3n) is 4.37. The van der Waals surface area contributed by atoms with E-state index >= 15 is 0 Å². The van der Waals surface area contributed by atoms with Gasteiger partial charge in [-0.2, -0.15) is 0 Å². The van der Waals surface area contributed by atoms with Crippen LogP contribution in [-0.4, -0.2) is 33.1 Å². The number of anilines is 2. The summed E-state index contributed by atoms with van der Waals surface area (Å²) in [7, 11) is -2.12. The molecular formula is C23H22N2O5S. The Balaban J connectivity index is 1.67. The van der Waals surface area contributed by atoms with Gasteiger partial charge in [0.15, 0.2) is 9.84 Å². The Morgan fingerprint density at radius 2 is 1.48 bits per heavy atom. The lowest BCUT2D eigenvalue weighted by Crippen LogP contribution is -2.25. The van der Waals surface area contributed by atoms with Crippen molar-refractivity contribution in [3.05, 3.63) is 90.0 Å². The molecule has 0 fully saturated rings. The van der Waals surface area contributed by atoms with E-state index in [0.717, 1.165) is 0 Å². The second-order valence-corrected chi connectivity index (χ2v) is 8.86. The summed E-state index contributed by atoms with van der Waals surface area (Å²) in [5, 5.41) is 5.28. The number of para-hydroxylation sites is 1. The second-order valence-electron chi connectivity index (χ2n) is 6.79. The molecule has 0 bridgehead atoms. The number of hydrogen-bond acceptors (Lipinski definition) is 5. The smallest absolute Gasteiger partial charge is 0.257 e. The molecule has 0 saturated carbocycles. The van der Waals surface area contributed by atoms with Crippen molar-refractivity contribution in [2.45, 2.75) is 5.75 Å². The van der Waals surface area contributed by atoms with Crippen molar-refractivity contribution in [2.75, 3.05) is 23.5 Å². The highest BCUT2D eigenvalue weighted by molar-refractivity contribution is 7.91. The maximum atomic E-state index is 12.7. The fraction of sp³-hybridized carbons (Fsp3) is 0.130. The predicted octanol–water partition coefficient (Wildman–Crippen LogP) is 3.50. The van der Waals surface area contributed by atoms with E-state index in [2.05, 4.69) is 10.6 Å². The molecule has 31 heavy (non-hydrogen) atoms. The van der Waals surface area contributed by atoms with E-state index in [1.54, 1.807) is 86.0 Å². The molecule has 2 amide bonds. The fourth-order valence-electron chi connectivity index (χ4n) is 2.93. The van der Waals surface area contributed by atoms with E-state index < -0.39 is 27.4 Å². The minimum Gasteiger partial charge on any atom is -0.497 e. The number of nitrogens with one attached hydrogen (secondary N) is 2. The molecule has 0 heterocycles. The molecule has 0 saturated heterocycles. The van der Waals surface area contributed by atoms with Crippen LogP contribution in [0.15, 0.2) is 78.9 Å². The van der Waals surface area contributed by atoms with Gasteiger partial charge >= 0.3 is 0 Å². The largest absolute Gasteiger partial charge is 0.497 e. The van der Waals surface area contributed by atoms with Gasteiger partial charge in [-0.15, -0.1) is 0 Å². The third-order valence-corrected chi connectivity index (χ3v) is 5.85. The molecule has 8 heteroatoms. The lowest BCUT2D eigenvalue weighted by Gasteiger charge is -2.12. The highest BCUT2D eigenvalue weighted by Gasteiger charge is 2.19. The number of benzene rings is 3. The molecule has 3 rings (SSSR count). The first-order chi connectivity index (χ1) is 14.9. The molecule has 3 aromatic carbocycles. The normalized spacial score (nSPS) is 10.9. The first-order valence-electron chi connectivity index (χ1n) is 9.45. The summed E-state index contributed by atoms with van der Waals surface area (Å²) in [5.41, 5.74) is 1.60. The number of sulfone groups is 1. The number of carbonyl (C=O) groups excluding carboxylic acids is 2. The molecule has 0 aromatic heterocycles. The highest BCUT2D eigenvalue weighted by atomic mass is 32.2. The van der Waals surface area contributed by atoms with Crippen molar-refractivity contribution in [3.8, 4) is 5.75 Å². The van der Waals surface area contributed by atoms with Gasteiger partial charge in [0.25, 0.3) is 5.91 Å². The Hall–Kier alpha value is -3.65.